The normalized spacial score (nSPS) is 11.3. The lowest BCUT2D eigenvalue weighted by molar-refractivity contribution is -0.167. The van der Waals surface area contributed by atoms with Gasteiger partial charge in [-0.3, -0.25) is 4.79 Å². The van der Waals surface area contributed by atoms with Gasteiger partial charge in [-0.05, 0) is 30.5 Å². The number of hydrogen-bond donors (Lipinski definition) is 1. The van der Waals surface area contributed by atoms with Gasteiger partial charge in [0.15, 0.2) is 0 Å². The number of rotatable bonds is 5. The molecule has 100 valence electrons. The smallest absolute Gasteiger partial charge is 0.318 e. The lowest BCUT2D eigenvalue weighted by Crippen LogP contribution is -2.29. The van der Waals surface area contributed by atoms with Gasteiger partial charge >= 0.3 is 12.1 Å². The third-order valence-corrected chi connectivity index (χ3v) is 2.54. The summed E-state index contributed by atoms with van der Waals surface area (Å²) in [6.07, 6.45) is -0.627. The zero-order valence-electron chi connectivity index (χ0n) is 10.2. The van der Waals surface area contributed by atoms with Crippen molar-refractivity contribution < 1.29 is 18.0 Å². The molecule has 1 rings (SSSR count). The maximum atomic E-state index is 12.0. The van der Waals surface area contributed by atoms with Crippen LogP contribution in [0.3, 0.4) is 0 Å². The number of carbonyl (C=O) groups is 1. The molecule has 0 aliphatic rings. The summed E-state index contributed by atoms with van der Waals surface area (Å²) in [5, 5.41) is 1.81. The number of carbonyl (C=O) groups excluding carboxylic acids is 1. The summed E-state index contributed by atoms with van der Waals surface area (Å²) in [6, 6.07) is 6.46. The van der Waals surface area contributed by atoms with Gasteiger partial charge in [0.2, 0.25) is 0 Å². The average molecular weight is 259 g/mol. The Morgan fingerprint density at radius 2 is 1.78 bits per heavy atom. The van der Waals surface area contributed by atoms with E-state index in [0.29, 0.717) is 0 Å². The molecule has 0 saturated heterocycles. The van der Waals surface area contributed by atoms with Crippen LogP contribution in [0.1, 0.15) is 31.7 Å². The summed E-state index contributed by atoms with van der Waals surface area (Å²) in [4.78, 5) is 10.7. The molecule has 1 aromatic rings. The van der Waals surface area contributed by atoms with Gasteiger partial charge in [0.05, 0.1) is 0 Å². The van der Waals surface area contributed by atoms with Gasteiger partial charge in [-0.15, -0.1) is 0 Å². The maximum Gasteiger partial charge on any atom is 0.471 e. The zero-order valence-corrected chi connectivity index (χ0v) is 10.2. The molecule has 2 nitrogen and oxygen atoms in total. The van der Waals surface area contributed by atoms with Crippen LogP contribution in [0.25, 0.3) is 0 Å². The average Bonchev–Trinajstić information content (AvgIpc) is 2.30. The van der Waals surface area contributed by atoms with Crippen LogP contribution in [0.2, 0.25) is 0 Å². The Hall–Kier alpha value is -1.52. The lowest BCUT2D eigenvalue weighted by Gasteiger charge is -2.08. The first kappa shape index (κ1) is 14.5. The van der Waals surface area contributed by atoms with Crippen molar-refractivity contribution in [3.05, 3.63) is 29.8 Å². The van der Waals surface area contributed by atoms with Crippen molar-refractivity contribution in [3.8, 4) is 0 Å². The number of alkyl halides is 3. The van der Waals surface area contributed by atoms with E-state index < -0.39 is 12.1 Å². The number of anilines is 1. The van der Waals surface area contributed by atoms with Gasteiger partial charge in [-0.2, -0.15) is 13.2 Å². The molecule has 0 aromatic heterocycles. The van der Waals surface area contributed by atoms with Crippen molar-refractivity contribution in [1.82, 2.24) is 0 Å². The van der Waals surface area contributed by atoms with Crippen LogP contribution < -0.4 is 5.32 Å². The Kier molecular flexibility index (Phi) is 5.19. The molecule has 1 aromatic carbocycles. The Morgan fingerprint density at radius 3 is 2.28 bits per heavy atom. The zero-order chi connectivity index (χ0) is 13.6. The van der Waals surface area contributed by atoms with Crippen molar-refractivity contribution in [2.45, 2.75) is 38.8 Å². The number of halogens is 3. The quantitative estimate of drug-likeness (QED) is 0.798. The molecule has 0 atom stereocenters. The molecule has 0 spiro atoms. The number of unbranched alkanes of at least 4 members (excludes halogenated alkanes) is 2. The van der Waals surface area contributed by atoms with Crippen LogP contribution in [-0.4, -0.2) is 12.1 Å². The highest BCUT2D eigenvalue weighted by Gasteiger charge is 2.38. The number of benzene rings is 1. The Labute approximate surface area is 104 Å². The predicted octanol–water partition coefficient (Wildman–Crippen LogP) is 3.92. The highest BCUT2D eigenvalue weighted by Crippen LogP contribution is 2.19. The fourth-order valence-electron chi connectivity index (χ4n) is 1.54. The summed E-state index contributed by atoms with van der Waals surface area (Å²) >= 11 is 0. The molecule has 1 N–H and O–H groups in total. The van der Waals surface area contributed by atoms with Crippen molar-refractivity contribution >= 4 is 11.6 Å². The second-order valence-corrected chi connectivity index (χ2v) is 4.11. The van der Waals surface area contributed by atoms with E-state index >= 15 is 0 Å². The first-order valence-corrected chi connectivity index (χ1v) is 5.90. The van der Waals surface area contributed by atoms with E-state index in [-0.39, 0.29) is 5.69 Å². The standard InChI is InChI=1S/C13H16F3NO/c1-2-3-4-5-10-6-8-11(9-7-10)17-12(18)13(14,15)16/h6-9H,2-5H2,1H3,(H,17,18). The summed E-state index contributed by atoms with van der Waals surface area (Å²) in [6.45, 7) is 2.11. The van der Waals surface area contributed by atoms with Gasteiger partial charge < -0.3 is 5.32 Å². The minimum atomic E-state index is -4.85. The first-order chi connectivity index (χ1) is 8.43. The van der Waals surface area contributed by atoms with Gasteiger partial charge in [0.25, 0.3) is 0 Å². The molecule has 0 unspecified atom stereocenters. The van der Waals surface area contributed by atoms with Crippen molar-refractivity contribution in [2.24, 2.45) is 0 Å². The SMILES string of the molecule is CCCCCc1ccc(NC(=O)C(F)(F)F)cc1. The van der Waals surface area contributed by atoms with Crippen LogP contribution >= 0.6 is 0 Å². The first-order valence-electron chi connectivity index (χ1n) is 5.90. The second kappa shape index (κ2) is 6.42. The number of hydrogen-bond acceptors (Lipinski definition) is 1. The molecule has 0 aliphatic heterocycles. The largest absolute Gasteiger partial charge is 0.471 e. The Bertz CT molecular complexity index is 384. The Balaban J connectivity index is 2.53. The van der Waals surface area contributed by atoms with Gasteiger partial charge in [-0.1, -0.05) is 31.9 Å². The van der Waals surface area contributed by atoms with Crippen LogP contribution in [0, 0.1) is 0 Å². The molecule has 0 radical (unpaired) electrons. The molecule has 0 aliphatic carbocycles. The molecule has 18 heavy (non-hydrogen) atoms. The maximum absolute atomic E-state index is 12.0. The van der Waals surface area contributed by atoms with Gasteiger partial charge in [0, 0.05) is 5.69 Å². The molecule has 5 heteroatoms. The molecule has 1 amide bonds. The molecular formula is C13H16F3NO. The molecule has 0 saturated carbocycles. The summed E-state index contributed by atoms with van der Waals surface area (Å²) in [5.41, 5.74) is 1.23. The van der Waals surface area contributed by atoms with Crippen LogP contribution in [0.4, 0.5) is 18.9 Å². The van der Waals surface area contributed by atoms with E-state index in [1.165, 1.54) is 12.1 Å². The lowest BCUT2D eigenvalue weighted by atomic mass is 10.1. The molecule has 0 fully saturated rings. The van der Waals surface area contributed by atoms with E-state index in [2.05, 4.69) is 6.92 Å². The topological polar surface area (TPSA) is 29.1 Å². The highest BCUT2D eigenvalue weighted by atomic mass is 19.4. The van der Waals surface area contributed by atoms with Gasteiger partial charge in [-0.25, -0.2) is 0 Å². The van der Waals surface area contributed by atoms with Crippen LogP contribution in [0.15, 0.2) is 24.3 Å². The number of nitrogens with one attached hydrogen (secondary N) is 1. The van der Waals surface area contributed by atoms with E-state index in [4.69, 9.17) is 0 Å². The Morgan fingerprint density at radius 1 is 1.17 bits per heavy atom. The van der Waals surface area contributed by atoms with Crippen LogP contribution in [-0.2, 0) is 11.2 Å². The minimum absolute atomic E-state index is 0.163. The minimum Gasteiger partial charge on any atom is -0.318 e. The number of amides is 1. The fourth-order valence-corrected chi connectivity index (χ4v) is 1.54. The van der Waals surface area contributed by atoms with Crippen molar-refractivity contribution in [2.75, 3.05) is 5.32 Å². The second-order valence-electron chi connectivity index (χ2n) is 4.11. The third kappa shape index (κ3) is 4.77. The molecule has 0 heterocycles. The fraction of sp³-hybridized carbons (Fsp3) is 0.462. The summed E-state index contributed by atoms with van der Waals surface area (Å²) in [7, 11) is 0. The van der Waals surface area contributed by atoms with Crippen molar-refractivity contribution in [3.63, 3.8) is 0 Å². The third-order valence-electron chi connectivity index (χ3n) is 2.54. The highest BCUT2D eigenvalue weighted by molar-refractivity contribution is 5.94. The summed E-state index contributed by atoms with van der Waals surface area (Å²) in [5.74, 6) is -1.94. The van der Waals surface area contributed by atoms with E-state index in [9.17, 15) is 18.0 Å². The molecule has 0 bridgehead atoms. The van der Waals surface area contributed by atoms with E-state index in [0.717, 1.165) is 31.2 Å². The van der Waals surface area contributed by atoms with Gasteiger partial charge in [0.1, 0.15) is 0 Å². The predicted molar refractivity (Wildman–Crippen MR) is 64.4 cm³/mol. The van der Waals surface area contributed by atoms with Crippen molar-refractivity contribution in [1.29, 1.82) is 0 Å². The van der Waals surface area contributed by atoms with Crippen LogP contribution in [0.5, 0.6) is 0 Å². The monoisotopic (exact) mass is 259 g/mol. The van der Waals surface area contributed by atoms with E-state index in [1.54, 1.807) is 12.1 Å². The molecular weight excluding hydrogens is 243 g/mol. The number of aryl methyl sites for hydroxylation is 1. The van der Waals surface area contributed by atoms with E-state index in [1.807, 2.05) is 5.32 Å². The summed E-state index contributed by atoms with van der Waals surface area (Å²) < 4.78 is 36.0.